The third-order valence-corrected chi connectivity index (χ3v) is 12.7. The van der Waals surface area contributed by atoms with Gasteiger partial charge in [0.05, 0.1) is 27.4 Å². The van der Waals surface area contributed by atoms with Crippen LogP contribution in [0, 0.1) is 17.8 Å². The molecule has 3 heterocycles. The lowest BCUT2D eigenvalue weighted by molar-refractivity contribution is -0.140. The molecule has 4 N–H and O–H groups in total. The third kappa shape index (κ3) is 10.8. The van der Waals surface area contributed by atoms with Crippen molar-refractivity contribution in [2.24, 2.45) is 17.8 Å². The maximum Gasteiger partial charge on any atom is 0.407 e. The Balaban J connectivity index is 1.12. The van der Waals surface area contributed by atoms with Crippen molar-refractivity contribution in [3.63, 3.8) is 0 Å². The van der Waals surface area contributed by atoms with E-state index < -0.39 is 36.4 Å². The zero-order valence-electron chi connectivity index (χ0n) is 37.4. The molecule has 1 aliphatic carbocycles. The van der Waals surface area contributed by atoms with Crippen LogP contribution in [0.1, 0.15) is 84.2 Å². The second kappa shape index (κ2) is 20.9. The van der Waals surface area contributed by atoms with E-state index in [1.54, 1.807) is 16.9 Å². The number of allylic oxidation sites excluding steroid dienone is 2. The van der Waals surface area contributed by atoms with Crippen molar-refractivity contribution in [2.75, 3.05) is 44.6 Å². The number of methoxy groups -OCH3 is 3. The summed E-state index contributed by atoms with van der Waals surface area (Å²) in [5, 5.41) is 11.3. The summed E-state index contributed by atoms with van der Waals surface area (Å²) in [6.07, 6.45) is 9.71. The fraction of sp³-hybridized carbons (Fsp3) is 0.532. The molecule has 3 fully saturated rings. The number of ether oxygens (including phenoxy) is 3. The maximum absolute atomic E-state index is 13.6. The van der Waals surface area contributed by atoms with Crippen molar-refractivity contribution in [3.05, 3.63) is 78.0 Å². The molecule has 340 valence electrons. The second-order valence-electron chi connectivity index (χ2n) is 17.4. The summed E-state index contributed by atoms with van der Waals surface area (Å²) in [4.78, 5) is 83.9. The number of amides is 6. The summed E-state index contributed by atoms with van der Waals surface area (Å²) in [5.41, 5.74) is 3.46. The topological polar surface area (TPSA) is 188 Å². The van der Waals surface area contributed by atoms with E-state index in [4.69, 9.17) is 14.2 Å². The van der Waals surface area contributed by atoms with Crippen LogP contribution in [0.2, 0.25) is 0 Å². The van der Waals surface area contributed by atoms with E-state index in [0.717, 1.165) is 29.8 Å². The molecule has 6 rings (SSSR count). The van der Waals surface area contributed by atoms with Gasteiger partial charge in [-0.15, -0.1) is 0 Å². The predicted octanol–water partition coefficient (Wildman–Crippen LogP) is 5.66. The van der Waals surface area contributed by atoms with Gasteiger partial charge in [-0.2, -0.15) is 0 Å². The number of carbonyl (C=O) groups excluding carboxylic acids is 6. The fourth-order valence-corrected chi connectivity index (χ4v) is 9.33. The minimum atomic E-state index is -0.813. The van der Waals surface area contributed by atoms with E-state index in [1.807, 2.05) is 76.2 Å². The number of hydrogen-bond donors (Lipinski definition) is 4. The number of hydrogen-bond acceptors (Lipinski definition) is 10. The quantitative estimate of drug-likeness (QED) is 0.185. The molecule has 0 spiro atoms. The van der Waals surface area contributed by atoms with E-state index in [-0.39, 0.29) is 53.5 Å². The van der Waals surface area contributed by atoms with E-state index in [1.165, 1.54) is 14.2 Å². The number of alkyl carbamates (subject to hydrolysis) is 2. The minimum Gasteiger partial charge on any atom is -0.497 e. The zero-order valence-corrected chi connectivity index (χ0v) is 37.4. The van der Waals surface area contributed by atoms with Crippen LogP contribution < -0.4 is 30.9 Å². The van der Waals surface area contributed by atoms with Crippen molar-refractivity contribution in [1.82, 2.24) is 25.8 Å². The predicted molar refractivity (Wildman–Crippen MR) is 238 cm³/mol. The number of benzene rings is 2. The van der Waals surface area contributed by atoms with E-state index in [9.17, 15) is 28.8 Å². The summed E-state index contributed by atoms with van der Waals surface area (Å²) in [7, 11) is 4.14. The summed E-state index contributed by atoms with van der Waals surface area (Å²) in [5.74, 6) is -0.623. The lowest BCUT2D eigenvalue weighted by atomic mass is 9.90. The smallest absolute Gasteiger partial charge is 0.407 e. The first-order valence-electron chi connectivity index (χ1n) is 22.1. The third-order valence-electron chi connectivity index (χ3n) is 12.7. The van der Waals surface area contributed by atoms with Crippen molar-refractivity contribution in [2.45, 2.75) is 109 Å². The molecule has 16 heteroatoms. The lowest BCUT2D eigenvalue weighted by Crippen LogP contribution is -2.55. The van der Waals surface area contributed by atoms with Crippen LogP contribution in [-0.4, -0.2) is 110 Å². The number of rotatable bonds is 14. The van der Waals surface area contributed by atoms with Gasteiger partial charge in [-0.1, -0.05) is 52.0 Å². The normalized spacial score (nSPS) is 22.9. The lowest BCUT2D eigenvalue weighted by Gasteiger charge is -2.37. The van der Waals surface area contributed by atoms with Crippen LogP contribution in [0.3, 0.4) is 0 Å². The highest BCUT2D eigenvalue weighted by atomic mass is 16.5. The van der Waals surface area contributed by atoms with Gasteiger partial charge in [-0.05, 0) is 105 Å². The number of carbonyl (C=O) groups is 6. The van der Waals surface area contributed by atoms with Crippen molar-refractivity contribution in [1.29, 1.82) is 0 Å². The van der Waals surface area contributed by atoms with Gasteiger partial charge in [0.2, 0.25) is 23.6 Å². The molecule has 2 aromatic carbocycles. The monoisotopic (exact) mass is 869 g/mol. The van der Waals surface area contributed by atoms with Crippen molar-refractivity contribution >= 4 is 47.2 Å². The molecule has 0 radical (unpaired) electrons. The summed E-state index contributed by atoms with van der Waals surface area (Å²) >= 11 is 0. The van der Waals surface area contributed by atoms with Gasteiger partial charge in [0.25, 0.3) is 0 Å². The highest BCUT2D eigenvalue weighted by molar-refractivity contribution is 5.99. The average Bonchev–Trinajstić information content (AvgIpc) is 4.08. The van der Waals surface area contributed by atoms with Crippen LogP contribution in [0.25, 0.3) is 0 Å². The second-order valence-corrected chi connectivity index (χ2v) is 17.4. The van der Waals surface area contributed by atoms with Crippen LogP contribution >= 0.6 is 0 Å². The molecule has 0 aromatic heterocycles. The molecular weight excluding hydrogens is 807 g/mol. The van der Waals surface area contributed by atoms with Gasteiger partial charge in [0, 0.05) is 42.1 Å². The SMILES string of the molecule is COC(=O)N[C@H](C(=O)N1CCC[C@H]1C(=O)NC1=CCC([C@H]2CCC(c3ccc(NC(=O)[C@@H]4CCCN4C(=O)[C@@H](NC(=O)OC)C(C)C)cc3)N2c2ccc(OC)cc2)C=C1)C(C)C. The average molecular weight is 870 g/mol. The van der Waals surface area contributed by atoms with E-state index in [0.29, 0.717) is 56.6 Å². The zero-order chi connectivity index (χ0) is 45.4. The maximum atomic E-state index is 13.6. The van der Waals surface area contributed by atoms with Crippen molar-refractivity contribution < 1.29 is 43.0 Å². The highest BCUT2D eigenvalue weighted by Crippen LogP contribution is 2.44. The van der Waals surface area contributed by atoms with E-state index >= 15 is 0 Å². The number of likely N-dealkylation sites (tertiary alicyclic amines) is 2. The molecule has 16 nitrogen and oxygen atoms in total. The molecule has 3 aliphatic heterocycles. The Morgan fingerprint density at radius 3 is 1.68 bits per heavy atom. The number of nitrogens with one attached hydrogen (secondary N) is 4. The number of nitrogens with zero attached hydrogens (tertiary/aromatic N) is 3. The first-order valence-corrected chi connectivity index (χ1v) is 22.1. The molecule has 3 saturated heterocycles. The largest absolute Gasteiger partial charge is 0.497 e. The van der Waals surface area contributed by atoms with Crippen LogP contribution in [-0.2, 0) is 28.7 Å². The van der Waals surface area contributed by atoms with Gasteiger partial charge in [-0.3, -0.25) is 19.2 Å². The van der Waals surface area contributed by atoms with Crippen LogP contribution in [0.15, 0.2) is 72.5 Å². The highest BCUT2D eigenvalue weighted by Gasteiger charge is 2.42. The standard InChI is InChI=1S/C47H63N7O9/c1-28(2)40(50-46(59)62-6)44(57)52-26-8-10-38(52)42(55)48-32-16-12-30(13-17-32)36-24-25-37(54(36)34-20-22-35(61-5)23-21-34)31-14-18-33(19-15-31)49-43(56)39-11-9-27-53(39)45(58)41(29(3)4)51-47(60)63-7/h12-14,16-23,28-29,31,36-41H,8-11,15,24-27H2,1-7H3,(H,48,55)(H,49,56)(H,50,59)(H,51,60)/t31?,36?,37-,38+,39+,40+,41+/m1/s1. The molecule has 4 aliphatic rings. The minimum absolute atomic E-state index is 0.0408. The van der Waals surface area contributed by atoms with Gasteiger partial charge in [-0.25, -0.2) is 9.59 Å². The fourth-order valence-electron chi connectivity index (χ4n) is 9.33. The number of anilines is 2. The first-order chi connectivity index (χ1) is 30.2. The van der Waals surface area contributed by atoms with Gasteiger partial charge in [0.15, 0.2) is 0 Å². The molecule has 7 atom stereocenters. The molecule has 0 saturated carbocycles. The van der Waals surface area contributed by atoms with Gasteiger partial charge >= 0.3 is 12.2 Å². The first kappa shape index (κ1) is 46.4. The molecular formula is C47H63N7O9. The van der Waals surface area contributed by atoms with Crippen LogP contribution in [0.5, 0.6) is 5.75 Å². The molecule has 2 unspecified atom stereocenters. The Morgan fingerprint density at radius 1 is 0.667 bits per heavy atom. The van der Waals surface area contributed by atoms with Crippen LogP contribution in [0.4, 0.5) is 21.0 Å². The Hall–Kier alpha value is -6.06. The molecule has 6 amide bonds. The van der Waals surface area contributed by atoms with Gasteiger partial charge in [0.1, 0.15) is 29.9 Å². The summed E-state index contributed by atoms with van der Waals surface area (Å²) in [6.45, 7) is 8.21. The Morgan fingerprint density at radius 2 is 1.21 bits per heavy atom. The molecule has 63 heavy (non-hydrogen) atoms. The Kier molecular flexibility index (Phi) is 15.4. The summed E-state index contributed by atoms with van der Waals surface area (Å²) < 4.78 is 14.9. The molecule has 0 bridgehead atoms. The molecule has 2 aromatic rings. The van der Waals surface area contributed by atoms with Gasteiger partial charge < -0.3 is 50.2 Å². The Bertz CT molecular complexity index is 2040. The summed E-state index contributed by atoms with van der Waals surface area (Å²) in [6, 6.07) is 13.2. The Labute approximate surface area is 370 Å². The van der Waals surface area contributed by atoms with E-state index in [2.05, 4.69) is 44.4 Å². The van der Waals surface area contributed by atoms with Crippen molar-refractivity contribution in [3.8, 4) is 5.75 Å².